The maximum absolute atomic E-state index is 5.99. The molecule has 0 radical (unpaired) electrons. The van der Waals surface area contributed by atoms with Crippen LogP contribution in [0.15, 0.2) is 12.3 Å². The zero-order valence-corrected chi connectivity index (χ0v) is 13.6. The third kappa shape index (κ3) is 2.99. The van der Waals surface area contributed by atoms with Gasteiger partial charge in [0.1, 0.15) is 17.3 Å². The Balaban J connectivity index is 2.63. The van der Waals surface area contributed by atoms with Gasteiger partial charge in [-0.2, -0.15) is 0 Å². The predicted octanol–water partition coefficient (Wildman–Crippen LogP) is 2.73. The highest BCUT2D eigenvalue weighted by atomic mass is 127. The van der Waals surface area contributed by atoms with Crippen molar-refractivity contribution in [2.24, 2.45) is 0 Å². The second-order valence-corrected chi connectivity index (χ2v) is 6.41. The maximum Gasteiger partial charge on any atom is 0.180 e. The van der Waals surface area contributed by atoms with Gasteiger partial charge in [0.15, 0.2) is 5.82 Å². The van der Waals surface area contributed by atoms with E-state index in [2.05, 4.69) is 63.3 Å². The van der Waals surface area contributed by atoms with Gasteiger partial charge in [-0.3, -0.25) is 0 Å². The number of hydrogen-bond acceptors (Lipinski definition) is 5. The molecule has 0 amide bonds. The molecule has 0 fully saturated rings. The molecule has 0 saturated carbocycles. The normalized spacial score (nSPS) is 11.6. The molecule has 0 unspecified atom stereocenters. The van der Waals surface area contributed by atoms with Gasteiger partial charge in [0.2, 0.25) is 0 Å². The Hall–Kier alpha value is -1.31. The van der Waals surface area contributed by atoms with Gasteiger partial charge in [0.25, 0.3) is 0 Å². The molecule has 19 heavy (non-hydrogen) atoms. The summed E-state index contributed by atoms with van der Waals surface area (Å²) in [5, 5.41) is 0. The standard InChI is InChI=1S/C13H16IN5/c1-7-16-6-5-8(17-7)12-18-10(13(2,3)4)9(14)11(15)19-12/h5-6H,1-4H3,(H2,15,18,19). The van der Waals surface area contributed by atoms with Crippen LogP contribution in [0.3, 0.4) is 0 Å². The van der Waals surface area contributed by atoms with Gasteiger partial charge >= 0.3 is 0 Å². The zero-order valence-electron chi connectivity index (χ0n) is 11.4. The van der Waals surface area contributed by atoms with E-state index in [-0.39, 0.29) is 5.41 Å². The Labute approximate surface area is 126 Å². The number of nitrogens with zero attached hydrogens (tertiary/aromatic N) is 4. The van der Waals surface area contributed by atoms with Crippen molar-refractivity contribution in [2.75, 3.05) is 5.73 Å². The molecule has 100 valence electrons. The Morgan fingerprint density at radius 3 is 2.42 bits per heavy atom. The summed E-state index contributed by atoms with van der Waals surface area (Å²) in [4.78, 5) is 17.4. The molecule has 2 rings (SSSR count). The van der Waals surface area contributed by atoms with E-state index in [1.165, 1.54) is 0 Å². The predicted molar refractivity (Wildman–Crippen MR) is 83.6 cm³/mol. The van der Waals surface area contributed by atoms with Crippen LogP contribution >= 0.6 is 22.6 Å². The fourth-order valence-electron chi connectivity index (χ4n) is 1.66. The van der Waals surface area contributed by atoms with Gasteiger partial charge in [-0.1, -0.05) is 20.8 Å². The first-order valence-corrected chi connectivity index (χ1v) is 7.00. The molecule has 5 nitrogen and oxygen atoms in total. The highest BCUT2D eigenvalue weighted by Crippen LogP contribution is 2.29. The number of aromatic nitrogens is 4. The summed E-state index contributed by atoms with van der Waals surface area (Å²) in [6.07, 6.45) is 1.70. The van der Waals surface area contributed by atoms with E-state index in [4.69, 9.17) is 5.73 Å². The molecule has 2 aromatic rings. The molecule has 2 N–H and O–H groups in total. The fraction of sp³-hybridized carbons (Fsp3) is 0.385. The minimum Gasteiger partial charge on any atom is -0.383 e. The number of hydrogen-bond donors (Lipinski definition) is 1. The number of halogens is 1. The third-order valence-electron chi connectivity index (χ3n) is 2.59. The Bertz CT molecular complexity index is 619. The minimum atomic E-state index is -0.0928. The van der Waals surface area contributed by atoms with Crippen LogP contribution in [0, 0.1) is 10.5 Å². The lowest BCUT2D eigenvalue weighted by Crippen LogP contribution is -2.18. The fourth-order valence-corrected chi connectivity index (χ4v) is 2.71. The molecule has 0 aliphatic carbocycles. The first kappa shape index (κ1) is 14.1. The lowest BCUT2D eigenvalue weighted by Gasteiger charge is -2.20. The van der Waals surface area contributed by atoms with E-state index in [9.17, 15) is 0 Å². The van der Waals surface area contributed by atoms with Gasteiger partial charge in [0.05, 0.1) is 9.26 Å². The summed E-state index contributed by atoms with van der Waals surface area (Å²) in [6.45, 7) is 8.15. The third-order valence-corrected chi connectivity index (χ3v) is 3.66. The summed E-state index contributed by atoms with van der Waals surface area (Å²) in [5.41, 5.74) is 7.53. The van der Waals surface area contributed by atoms with E-state index in [0.29, 0.717) is 23.2 Å². The van der Waals surface area contributed by atoms with Gasteiger partial charge in [-0.05, 0) is 35.6 Å². The van der Waals surface area contributed by atoms with Crippen molar-refractivity contribution in [2.45, 2.75) is 33.1 Å². The molecule has 0 spiro atoms. The van der Waals surface area contributed by atoms with E-state index >= 15 is 0 Å². The van der Waals surface area contributed by atoms with Crippen LogP contribution in [0.25, 0.3) is 11.5 Å². The van der Waals surface area contributed by atoms with E-state index in [1.807, 2.05) is 6.92 Å². The lowest BCUT2D eigenvalue weighted by atomic mass is 9.92. The van der Waals surface area contributed by atoms with Crippen LogP contribution in [-0.4, -0.2) is 19.9 Å². The summed E-state index contributed by atoms with van der Waals surface area (Å²) in [5.74, 6) is 1.73. The highest BCUT2D eigenvalue weighted by molar-refractivity contribution is 14.1. The van der Waals surface area contributed by atoms with Gasteiger partial charge in [-0.25, -0.2) is 19.9 Å². The van der Waals surface area contributed by atoms with Crippen LogP contribution in [0.5, 0.6) is 0 Å². The first-order valence-electron chi connectivity index (χ1n) is 5.92. The van der Waals surface area contributed by atoms with Crippen LogP contribution in [0.1, 0.15) is 32.3 Å². The smallest absolute Gasteiger partial charge is 0.180 e. The van der Waals surface area contributed by atoms with Gasteiger partial charge in [-0.15, -0.1) is 0 Å². The Kier molecular flexibility index (Phi) is 3.71. The molecule has 0 aliphatic heterocycles. The second-order valence-electron chi connectivity index (χ2n) is 5.33. The maximum atomic E-state index is 5.99. The zero-order chi connectivity index (χ0) is 14.2. The lowest BCUT2D eigenvalue weighted by molar-refractivity contribution is 0.564. The average molecular weight is 369 g/mol. The molecule has 2 aromatic heterocycles. The monoisotopic (exact) mass is 369 g/mol. The van der Waals surface area contributed by atoms with Crippen LogP contribution in [-0.2, 0) is 5.41 Å². The van der Waals surface area contributed by atoms with Crippen molar-refractivity contribution in [1.29, 1.82) is 0 Å². The second kappa shape index (κ2) is 4.99. The summed E-state index contributed by atoms with van der Waals surface area (Å²) in [6, 6.07) is 1.79. The molecule has 0 bridgehead atoms. The van der Waals surface area contributed by atoms with Crippen molar-refractivity contribution in [1.82, 2.24) is 19.9 Å². The number of nitrogen functional groups attached to an aromatic ring is 1. The largest absolute Gasteiger partial charge is 0.383 e. The van der Waals surface area contributed by atoms with Crippen molar-refractivity contribution < 1.29 is 0 Å². The van der Waals surface area contributed by atoms with Crippen molar-refractivity contribution >= 4 is 28.4 Å². The van der Waals surface area contributed by atoms with E-state index < -0.39 is 0 Å². The van der Waals surface area contributed by atoms with E-state index in [1.54, 1.807) is 12.3 Å². The number of anilines is 1. The molecule has 0 aliphatic rings. The molecule has 2 heterocycles. The Morgan fingerprint density at radius 2 is 1.84 bits per heavy atom. The SMILES string of the molecule is Cc1nccc(-c2nc(N)c(I)c(C(C)(C)C)n2)n1. The van der Waals surface area contributed by atoms with Crippen LogP contribution < -0.4 is 5.73 Å². The molecule has 0 aromatic carbocycles. The molecule has 6 heteroatoms. The molecule has 0 atom stereocenters. The summed E-state index contributed by atoms with van der Waals surface area (Å²) in [7, 11) is 0. The number of nitrogens with two attached hydrogens (primary N) is 1. The topological polar surface area (TPSA) is 77.6 Å². The minimum absolute atomic E-state index is 0.0928. The average Bonchev–Trinajstić information content (AvgIpc) is 2.31. The summed E-state index contributed by atoms with van der Waals surface area (Å²) >= 11 is 2.19. The van der Waals surface area contributed by atoms with Crippen molar-refractivity contribution in [3.63, 3.8) is 0 Å². The molecule has 0 saturated heterocycles. The van der Waals surface area contributed by atoms with Crippen LogP contribution in [0.4, 0.5) is 5.82 Å². The van der Waals surface area contributed by atoms with Crippen LogP contribution in [0.2, 0.25) is 0 Å². The van der Waals surface area contributed by atoms with Gasteiger partial charge < -0.3 is 5.73 Å². The highest BCUT2D eigenvalue weighted by Gasteiger charge is 2.23. The van der Waals surface area contributed by atoms with Gasteiger partial charge in [0, 0.05) is 11.6 Å². The first-order chi connectivity index (χ1) is 8.79. The summed E-state index contributed by atoms with van der Waals surface area (Å²) < 4.78 is 0.902. The van der Waals surface area contributed by atoms with Crippen molar-refractivity contribution in [3.8, 4) is 11.5 Å². The Morgan fingerprint density at radius 1 is 1.16 bits per heavy atom. The van der Waals surface area contributed by atoms with Crippen molar-refractivity contribution in [3.05, 3.63) is 27.4 Å². The molecular weight excluding hydrogens is 353 g/mol. The number of aryl methyl sites for hydroxylation is 1. The molecular formula is C13H16IN5. The number of rotatable bonds is 1. The van der Waals surface area contributed by atoms with E-state index in [0.717, 1.165) is 9.26 Å². The quantitative estimate of drug-likeness (QED) is 0.783.